The van der Waals surface area contributed by atoms with Crippen LogP contribution in [0.25, 0.3) is 21.0 Å². The Morgan fingerprint density at radius 3 is 2.30 bits per heavy atom. The second kappa shape index (κ2) is 5.35. The molecular weight excluding hydrogens is 270 g/mol. The number of hydrogen-bond acceptors (Lipinski definition) is 3. The van der Waals surface area contributed by atoms with Crippen LogP contribution >= 0.6 is 11.3 Å². The van der Waals surface area contributed by atoms with Gasteiger partial charge in [-0.2, -0.15) is 4.73 Å². The number of ether oxygens (including phenoxy) is 1. The van der Waals surface area contributed by atoms with Gasteiger partial charge in [0.25, 0.3) is 5.01 Å². The van der Waals surface area contributed by atoms with Crippen molar-refractivity contribution in [2.24, 2.45) is 0 Å². The molecule has 0 aliphatic carbocycles. The summed E-state index contributed by atoms with van der Waals surface area (Å²) >= 11 is 1.49. The number of rotatable bonds is 3. The standard InChI is InChI=1S/C16H13NO2S/c1-19-14-9-7-12(8-10-14)15-11-17(18)16(20-15)13-5-3-2-4-6-13/h2-11H,1H3. The fraction of sp³-hybridized carbons (Fsp3) is 0.0625. The van der Waals surface area contributed by atoms with E-state index in [-0.39, 0.29) is 0 Å². The summed E-state index contributed by atoms with van der Waals surface area (Å²) in [6, 6.07) is 17.4. The second-order valence-electron chi connectivity index (χ2n) is 4.32. The Labute approximate surface area is 121 Å². The van der Waals surface area contributed by atoms with E-state index < -0.39 is 0 Å². The van der Waals surface area contributed by atoms with Crippen LogP contribution in [-0.4, -0.2) is 7.11 Å². The maximum atomic E-state index is 12.0. The molecule has 0 atom stereocenters. The quantitative estimate of drug-likeness (QED) is 0.542. The molecule has 0 aliphatic rings. The van der Waals surface area contributed by atoms with Crippen LogP contribution in [0.3, 0.4) is 0 Å². The van der Waals surface area contributed by atoms with Gasteiger partial charge in [-0.1, -0.05) is 29.5 Å². The van der Waals surface area contributed by atoms with Gasteiger partial charge in [0, 0.05) is 0 Å². The molecule has 0 saturated heterocycles. The van der Waals surface area contributed by atoms with Gasteiger partial charge in [0.1, 0.15) is 10.6 Å². The molecule has 0 N–H and O–H groups in total. The Balaban J connectivity index is 2.00. The number of nitrogens with zero attached hydrogens (tertiary/aromatic N) is 1. The molecule has 0 fully saturated rings. The van der Waals surface area contributed by atoms with Crippen LogP contribution in [-0.2, 0) is 0 Å². The molecule has 20 heavy (non-hydrogen) atoms. The minimum absolute atomic E-state index is 0.705. The molecule has 3 nitrogen and oxygen atoms in total. The number of aromatic nitrogens is 1. The van der Waals surface area contributed by atoms with Crippen molar-refractivity contribution in [3.8, 4) is 26.8 Å². The zero-order valence-corrected chi connectivity index (χ0v) is 11.8. The molecule has 0 unspecified atom stereocenters. The SMILES string of the molecule is COc1ccc(-c2c[n+]([O-])c(-c3ccccc3)s2)cc1. The number of thiazole rings is 1. The zero-order valence-electron chi connectivity index (χ0n) is 10.9. The van der Waals surface area contributed by atoms with Crippen molar-refractivity contribution in [2.75, 3.05) is 7.11 Å². The third-order valence-electron chi connectivity index (χ3n) is 3.04. The number of methoxy groups -OCH3 is 1. The summed E-state index contributed by atoms with van der Waals surface area (Å²) in [5.74, 6) is 0.809. The lowest BCUT2D eigenvalue weighted by Gasteiger charge is -1.99. The summed E-state index contributed by atoms with van der Waals surface area (Å²) in [4.78, 5) is 0.946. The maximum Gasteiger partial charge on any atom is 0.280 e. The molecular formula is C16H13NO2S. The molecule has 0 saturated carbocycles. The lowest BCUT2D eigenvalue weighted by atomic mass is 10.2. The predicted molar refractivity (Wildman–Crippen MR) is 80.7 cm³/mol. The molecule has 3 aromatic rings. The van der Waals surface area contributed by atoms with Crippen LogP contribution in [0.4, 0.5) is 0 Å². The minimum atomic E-state index is 0.705. The summed E-state index contributed by atoms with van der Waals surface area (Å²) in [5, 5.41) is 12.7. The van der Waals surface area contributed by atoms with Crippen LogP contribution in [0.5, 0.6) is 5.75 Å². The molecule has 100 valence electrons. The highest BCUT2D eigenvalue weighted by Crippen LogP contribution is 2.31. The number of hydrogen-bond donors (Lipinski definition) is 0. The topological polar surface area (TPSA) is 36.2 Å². The monoisotopic (exact) mass is 283 g/mol. The Bertz CT molecular complexity index is 705. The lowest BCUT2D eigenvalue weighted by Crippen LogP contribution is -2.24. The zero-order chi connectivity index (χ0) is 13.9. The Kier molecular flexibility index (Phi) is 3.39. The molecule has 2 aromatic carbocycles. The molecule has 0 amide bonds. The molecule has 1 aromatic heterocycles. The summed E-state index contributed by atoms with van der Waals surface area (Å²) in [5.41, 5.74) is 1.95. The van der Waals surface area contributed by atoms with Gasteiger partial charge in [0.15, 0.2) is 6.20 Å². The van der Waals surface area contributed by atoms with Gasteiger partial charge >= 0.3 is 0 Å². The first kappa shape index (κ1) is 12.7. The highest BCUT2D eigenvalue weighted by molar-refractivity contribution is 7.17. The van der Waals surface area contributed by atoms with E-state index in [1.165, 1.54) is 11.3 Å². The highest BCUT2D eigenvalue weighted by Gasteiger charge is 2.15. The molecule has 0 spiro atoms. The van der Waals surface area contributed by atoms with Gasteiger partial charge in [0.2, 0.25) is 0 Å². The lowest BCUT2D eigenvalue weighted by molar-refractivity contribution is -0.588. The average molecular weight is 283 g/mol. The average Bonchev–Trinajstić information content (AvgIpc) is 2.90. The maximum absolute atomic E-state index is 12.0. The van der Waals surface area contributed by atoms with Crippen molar-refractivity contribution in [3.05, 3.63) is 66.0 Å². The van der Waals surface area contributed by atoms with Crippen LogP contribution < -0.4 is 9.47 Å². The van der Waals surface area contributed by atoms with Crippen LogP contribution in [0.15, 0.2) is 60.8 Å². The molecule has 0 aliphatic heterocycles. The van der Waals surface area contributed by atoms with Crippen molar-refractivity contribution >= 4 is 11.3 Å². The van der Waals surface area contributed by atoms with Crippen LogP contribution in [0.2, 0.25) is 0 Å². The number of benzene rings is 2. The minimum Gasteiger partial charge on any atom is -0.618 e. The van der Waals surface area contributed by atoms with Crippen molar-refractivity contribution in [1.29, 1.82) is 0 Å². The van der Waals surface area contributed by atoms with Crippen molar-refractivity contribution in [3.63, 3.8) is 0 Å². The molecule has 0 radical (unpaired) electrons. The van der Waals surface area contributed by atoms with E-state index in [0.29, 0.717) is 5.01 Å². The fourth-order valence-corrected chi connectivity index (χ4v) is 3.00. The van der Waals surface area contributed by atoms with Gasteiger partial charge in [-0.3, -0.25) is 0 Å². The highest BCUT2D eigenvalue weighted by atomic mass is 32.1. The van der Waals surface area contributed by atoms with E-state index in [0.717, 1.165) is 26.5 Å². The third kappa shape index (κ3) is 2.38. The summed E-state index contributed by atoms with van der Waals surface area (Å²) < 4.78 is 6.07. The predicted octanol–water partition coefficient (Wildman–Crippen LogP) is 3.72. The first-order valence-electron chi connectivity index (χ1n) is 6.21. The van der Waals surface area contributed by atoms with E-state index in [4.69, 9.17) is 4.74 Å². The van der Waals surface area contributed by atoms with E-state index in [1.807, 2.05) is 54.6 Å². The Morgan fingerprint density at radius 2 is 1.65 bits per heavy atom. The van der Waals surface area contributed by atoms with Gasteiger partial charge in [-0.25, -0.2) is 0 Å². The van der Waals surface area contributed by atoms with Gasteiger partial charge in [-0.15, -0.1) is 0 Å². The van der Waals surface area contributed by atoms with E-state index in [9.17, 15) is 5.21 Å². The fourth-order valence-electron chi connectivity index (χ4n) is 2.00. The summed E-state index contributed by atoms with van der Waals surface area (Å²) in [7, 11) is 1.64. The van der Waals surface area contributed by atoms with Crippen molar-refractivity contribution < 1.29 is 9.47 Å². The van der Waals surface area contributed by atoms with Gasteiger partial charge in [0.05, 0.1) is 12.7 Å². The molecule has 1 heterocycles. The normalized spacial score (nSPS) is 10.4. The van der Waals surface area contributed by atoms with E-state index in [2.05, 4.69) is 0 Å². The van der Waals surface area contributed by atoms with Crippen LogP contribution in [0, 0.1) is 5.21 Å². The van der Waals surface area contributed by atoms with Crippen molar-refractivity contribution in [2.45, 2.75) is 0 Å². The van der Waals surface area contributed by atoms with Crippen molar-refractivity contribution in [1.82, 2.24) is 0 Å². The third-order valence-corrected chi connectivity index (χ3v) is 4.21. The smallest absolute Gasteiger partial charge is 0.280 e. The molecule has 0 bridgehead atoms. The molecule has 3 rings (SSSR count). The first-order valence-corrected chi connectivity index (χ1v) is 7.02. The second-order valence-corrected chi connectivity index (χ2v) is 5.35. The van der Waals surface area contributed by atoms with Crippen LogP contribution in [0.1, 0.15) is 0 Å². The van der Waals surface area contributed by atoms with E-state index >= 15 is 0 Å². The summed E-state index contributed by atoms with van der Waals surface area (Å²) in [6.45, 7) is 0. The largest absolute Gasteiger partial charge is 0.618 e. The van der Waals surface area contributed by atoms with Gasteiger partial charge in [-0.05, 0) is 42.0 Å². The molecule has 4 heteroatoms. The first-order chi connectivity index (χ1) is 9.78. The van der Waals surface area contributed by atoms with Gasteiger partial charge < -0.3 is 9.94 Å². The Morgan fingerprint density at radius 1 is 0.950 bits per heavy atom. The van der Waals surface area contributed by atoms with E-state index in [1.54, 1.807) is 13.3 Å². The summed E-state index contributed by atoms with van der Waals surface area (Å²) in [6.07, 6.45) is 1.62. The Hall–Kier alpha value is -2.33.